The minimum atomic E-state index is 0.433. The van der Waals surface area contributed by atoms with Gasteiger partial charge in [-0.1, -0.05) is 11.6 Å². The first-order valence-corrected chi connectivity index (χ1v) is 4.68. The number of pyridine rings is 1. The third-order valence-corrected chi connectivity index (χ3v) is 2.40. The van der Waals surface area contributed by atoms with Gasteiger partial charge in [0.1, 0.15) is 11.6 Å². The van der Waals surface area contributed by atoms with Crippen LogP contribution in [0.15, 0.2) is 6.07 Å². The second-order valence-electron chi connectivity index (χ2n) is 3.07. The minimum absolute atomic E-state index is 0.433. The Morgan fingerprint density at radius 1 is 1.64 bits per heavy atom. The molecular weight excluding hydrogens is 204 g/mol. The van der Waals surface area contributed by atoms with E-state index in [-0.39, 0.29) is 0 Å². The lowest BCUT2D eigenvalue weighted by Crippen LogP contribution is -2.29. The van der Waals surface area contributed by atoms with Crippen LogP contribution in [0, 0.1) is 0 Å². The van der Waals surface area contributed by atoms with Crippen molar-refractivity contribution >= 4 is 17.4 Å². The van der Waals surface area contributed by atoms with E-state index in [0.717, 1.165) is 12.4 Å². The second kappa shape index (κ2) is 3.53. The second-order valence-corrected chi connectivity index (χ2v) is 3.48. The minimum Gasteiger partial charge on any atom is -0.488 e. The number of methoxy groups -OCH3 is 1. The van der Waals surface area contributed by atoms with Crippen molar-refractivity contribution in [3.05, 3.63) is 11.1 Å². The number of aromatic nitrogens is 1. The molecule has 5 heteroatoms. The Balaban J connectivity index is 2.49. The lowest BCUT2D eigenvalue weighted by molar-refractivity contribution is 0.306. The zero-order valence-electron chi connectivity index (χ0n) is 8.08. The van der Waals surface area contributed by atoms with Crippen LogP contribution in [0.4, 0.5) is 5.82 Å². The molecule has 4 nitrogen and oxygen atoms in total. The van der Waals surface area contributed by atoms with Crippen molar-refractivity contribution in [1.82, 2.24) is 4.98 Å². The highest BCUT2D eigenvalue weighted by molar-refractivity contribution is 6.32. The van der Waals surface area contributed by atoms with Gasteiger partial charge in [0, 0.05) is 13.1 Å². The Bertz CT molecular complexity index is 357. The molecular formula is C9H11ClN2O2. The van der Waals surface area contributed by atoms with Crippen molar-refractivity contribution in [3.63, 3.8) is 0 Å². The fourth-order valence-electron chi connectivity index (χ4n) is 1.37. The Kier molecular flexibility index (Phi) is 2.37. The van der Waals surface area contributed by atoms with Crippen LogP contribution in [0.1, 0.15) is 0 Å². The highest BCUT2D eigenvalue weighted by Gasteiger charge is 2.19. The van der Waals surface area contributed by atoms with Gasteiger partial charge in [0.25, 0.3) is 0 Å². The summed E-state index contributed by atoms with van der Waals surface area (Å²) in [5.41, 5.74) is 0. The number of likely N-dealkylation sites (N-methyl/N-ethyl adjacent to an activating group) is 1. The van der Waals surface area contributed by atoms with Crippen molar-refractivity contribution in [2.45, 2.75) is 0 Å². The van der Waals surface area contributed by atoms with Gasteiger partial charge in [0.2, 0.25) is 5.88 Å². The summed E-state index contributed by atoms with van der Waals surface area (Å²) >= 11 is 5.92. The zero-order chi connectivity index (χ0) is 10.1. The van der Waals surface area contributed by atoms with Crippen molar-refractivity contribution in [2.75, 3.05) is 32.2 Å². The van der Waals surface area contributed by atoms with Gasteiger partial charge in [-0.3, -0.25) is 0 Å². The maximum atomic E-state index is 5.92. The molecule has 1 aliphatic rings. The zero-order valence-corrected chi connectivity index (χ0v) is 8.84. The summed E-state index contributed by atoms with van der Waals surface area (Å²) in [5.74, 6) is 1.92. The highest BCUT2D eigenvalue weighted by Crippen LogP contribution is 2.35. The number of hydrogen-bond acceptors (Lipinski definition) is 4. The van der Waals surface area contributed by atoms with Gasteiger partial charge in [-0.05, 0) is 0 Å². The molecule has 0 atom stereocenters. The molecule has 0 unspecified atom stereocenters. The van der Waals surface area contributed by atoms with E-state index in [9.17, 15) is 0 Å². The SMILES string of the molecule is COc1nc2c(cc1Cl)OCCN2C. The molecule has 0 spiro atoms. The van der Waals surface area contributed by atoms with Gasteiger partial charge in [0.05, 0.1) is 13.7 Å². The van der Waals surface area contributed by atoms with Crippen molar-refractivity contribution < 1.29 is 9.47 Å². The number of hydrogen-bond donors (Lipinski definition) is 0. The molecule has 0 N–H and O–H groups in total. The molecule has 0 aliphatic carbocycles. The van der Waals surface area contributed by atoms with Crippen LogP contribution in [-0.2, 0) is 0 Å². The summed E-state index contributed by atoms with van der Waals surface area (Å²) < 4.78 is 10.5. The first kappa shape index (κ1) is 9.40. The van der Waals surface area contributed by atoms with Gasteiger partial charge < -0.3 is 14.4 Å². The Hall–Kier alpha value is -1.16. The molecule has 0 fully saturated rings. The summed E-state index contributed by atoms with van der Waals surface area (Å²) in [4.78, 5) is 6.27. The predicted molar refractivity (Wildman–Crippen MR) is 54.6 cm³/mol. The Morgan fingerprint density at radius 3 is 3.14 bits per heavy atom. The van der Waals surface area contributed by atoms with Gasteiger partial charge in [-0.25, -0.2) is 0 Å². The predicted octanol–water partition coefficient (Wildman–Crippen LogP) is 1.57. The summed E-state index contributed by atoms with van der Waals surface area (Å²) in [6, 6.07) is 1.73. The fraction of sp³-hybridized carbons (Fsp3) is 0.444. The third-order valence-electron chi connectivity index (χ3n) is 2.13. The number of fused-ring (bicyclic) bond motifs is 1. The van der Waals surface area contributed by atoms with Crippen molar-refractivity contribution in [1.29, 1.82) is 0 Å². The summed E-state index contributed by atoms with van der Waals surface area (Å²) in [6.07, 6.45) is 0. The molecule has 0 bridgehead atoms. The van der Waals surface area contributed by atoms with Crippen molar-refractivity contribution in [3.8, 4) is 11.6 Å². The van der Waals surface area contributed by atoms with E-state index in [1.165, 1.54) is 0 Å². The molecule has 0 saturated carbocycles. The van der Waals surface area contributed by atoms with E-state index in [0.29, 0.717) is 23.3 Å². The average Bonchev–Trinajstić information content (AvgIpc) is 2.17. The maximum Gasteiger partial charge on any atom is 0.234 e. The van der Waals surface area contributed by atoms with E-state index in [2.05, 4.69) is 4.98 Å². The van der Waals surface area contributed by atoms with E-state index in [1.54, 1.807) is 13.2 Å². The number of nitrogens with zero attached hydrogens (tertiary/aromatic N) is 2. The van der Waals surface area contributed by atoms with Crippen molar-refractivity contribution in [2.24, 2.45) is 0 Å². The first-order chi connectivity index (χ1) is 6.72. The molecule has 2 heterocycles. The topological polar surface area (TPSA) is 34.6 Å². The molecule has 2 rings (SSSR count). The van der Waals surface area contributed by atoms with Gasteiger partial charge in [-0.15, -0.1) is 0 Å². The fourth-order valence-corrected chi connectivity index (χ4v) is 1.59. The molecule has 0 aromatic carbocycles. The standard InChI is InChI=1S/C9H11ClN2O2/c1-12-3-4-14-7-5-6(10)9(13-2)11-8(7)12/h5H,3-4H2,1-2H3. The van der Waals surface area contributed by atoms with Gasteiger partial charge in [-0.2, -0.15) is 4.98 Å². The maximum absolute atomic E-state index is 5.92. The summed E-state index contributed by atoms with van der Waals surface area (Å²) in [7, 11) is 3.51. The Morgan fingerprint density at radius 2 is 2.43 bits per heavy atom. The number of rotatable bonds is 1. The van der Waals surface area contributed by atoms with Crippen LogP contribution < -0.4 is 14.4 Å². The normalized spacial score (nSPS) is 14.6. The largest absolute Gasteiger partial charge is 0.488 e. The average molecular weight is 215 g/mol. The van der Waals surface area contributed by atoms with Crippen LogP contribution in [0.2, 0.25) is 5.02 Å². The van der Waals surface area contributed by atoms with E-state index in [1.807, 2.05) is 11.9 Å². The smallest absolute Gasteiger partial charge is 0.234 e. The summed E-state index contributed by atoms with van der Waals surface area (Å²) in [6.45, 7) is 1.48. The van der Waals surface area contributed by atoms with Crippen LogP contribution >= 0.6 is 11.6 Å². The first-order valence-electron chi connectivity index (χ1n) is 4.31. The van der Waals surface area contributed by atoms with E-state index < -0.39 is 0 Å². The molecule has 1 aliphatic heterocycles. The Labute approximate surface area is 87.4 Å². The molecule has 1 aromatic heterocycles. The summed E-state index contributed by atoms with van der Waals surface area (Å²) in [5, 5.41) is 0.474. The van der Waals surface area contributed by atoms with Crippen LogP contribution in [0.25, 0.3) is 0 Å². The molecule has 0 saturated heterocycles. The lowest BCUT2D eigenvalue weighted by Gasteiger charge is -2.26. The van der Waals surface area contributed by atoms with Gasteiger partial charge >= 0.3 is 0 Å². The third kappa shape index (κ3) is 1.46. The molecule has 14 heavy (non-hydrogen) atoms. The highest BCUT2D eigenvalue weighted by atomic mass is 35.5. The molecule has 0 radical (unpaired) electrons. The quantitative estimate of drug-likeness (QED) is 0.711. The monoisotopic (exact) mass is 214 g/mol. The van der Waals surface area contributed by atoms with E-state index >= 15 is 0 Å². The van der Waals surface area contributed by atoms with Crippen LogP contribution in [-0.4, -0.2) is 32.3 Å². The van der Waals surface area contributed by atoms with Gasteiger partial charge in [0.15, 0.2) is 11.6 Å². The molecule has 76 valence electrons. The van der Waals surface area contributed by atoms with Crippen LogP contribution in [0.3, 0.4) is 0 Å². The molecule has 1 aromatic rings. The number of anilines is 1. The van der Waals surface area contributed by atoms with Crippen LogP contribution in [0.5, 0.6) is 11.6 Å². The molecule has 0 amide bonds. The number of ether oxygens (including phenoxy) is 2. The van der Waals surface area contributed by atoms with E-state index in [4.69, 9.17) is 21.1 Å². The number of halogens is 1. The lowest BCUT2D eigenvalue weighted by atomic mass is 10.3.